The first-order valence-corrected chi connectivity index (χ1v) is 12.1. The van der Waals surface area contributed by atoms with Gasteiger partial charge in [-0.2, -0.15) is 13.2 Å². The van der Waals surface area contributed by atoms with Gasteiger partial charge in [-0.1, -0.05) is 36.5 Å². The highest BCUT2D eigenvalue weighted by molar-refractivity contribution is 7.80. The van der Waals surface area contributed by atoms with E-state index >= 15 is 0 Å². The van der Waals surface area contributed by atoms with Gasteiger partial charge in [0.25, 0.3) is 5.91 Å². The molecule has 3 aromatic carbocycles. The van der Waals surface area contributed by atoms with E-state index in [1.54, 1.807) is 36.4 Å². The van der Waals surface area contributed by atoms with Crippen LogP contribution in [0.2, 0.25) is 0 Å². The normalized spacial score (nSPS) is 13.7. The highest BCUT2D eigenvalue weighted by atomic mass is 32.1. The number of nitrogens with one attached hydrogen (secondary N) is 1. The molecule has 0 aromatic heterocycles. The van der Waals surface area contributed by atoms with E-state index in [9.17, 15) is 22.4 Å². The van der Waals surface area contributed by atoms with Gasteiger partial charge in [-0.15, -0.1) is 0 Å². The van der Waals surface area contributed by atoms with Crippen LogP contribution < -0.4 is 19.7 Å². The van der Waals surface area contributed by atoms with Crippen LogP contribution in [0.4, 0.5) is 28.9 Å². The van der Waals surface area contributed by atoms with Crippen LogP contribution in [0.15, 0.2) is 66.7 Å². The van der Waals surface area contributed by atoms with E-state index in [1.807, 2.05) is 9.80 Å². The lowest BCUT2D eigenvalue weighted by atomic mass is 10.1. The standard InChI is InChI=1S/C27H25F4N3O3S/c1-36-24-16-18(26(38)34-14-12-33(13-15-34)22-9-5-3-7-20(22)28)10-11-23(24)37-17-25(35)32-21-8-4-2-6-19(21)27(29,30)31/h2-11,16H,12-15,17H2,1H3,(H,32,35). The minimum absolute atomic E-state index is 0.239. The summed E-state index contributed by atoms with van der Waals surface area (Å²) in [6.45, 7) is 1.89. The van der Waals surface area contributed by atoms with Gasteiger partial charge >= 0.3 is 6.18 Å². The number of halogens is 4. The minimum atomic E-state index is -4.60. The van der Waals surface area contributed by atoms with E-state index in [0.717, 1.165) is 6.07 Å². The molecule has 3 aromatic rings. The highest BCUT2D eigenvalue weighted by Gasteiger charge is 2.33. The number of anilines is 2. The van der Waals surface area contributed by atoms with Gasteiger partial charge in [0.2, 0.25) is 0 Å². The Morgan fingerprint density at radius 3 is 2.34 bits per heavy atom. The number of nitrogens with zero attached hydrogens (tertiary/aromatic N) is 2. The summed E-state index contributed by atoms with van der Waals surface area (Å²) in [7, 11) is 1.43. The molecule has 0 saturated carbocycles. The Morgan fingerprint density at radius 2 is 1.66 bits per heavy atom. The zero-order chi connectivity index (χ0) is 27.3. The summed E-state index contributed by atoms with van der Waals surface area (Å²) in [4.78, 5) is 16.9. The molecule has 4 rings (SSSR count). The van der Waals surface area contributed by atoms with Crippen molar-refractivity contribution in [2.75, 3.05) is 50.1 Å². The molecular weight excluding hydrogens is 522 g/mol. The van der Waals surface area contributed by atoms with E-state index in [2.05, 4.69) is 5.32 Å². The summed E-state index contributed by atoms with van der Waals surface area (Å²) in [6, 6.07) is 16.3. The summed E-state index contributed by atoms with van der Waals surface area (Å²) >= 11 is 5.67. The number of amides is 1. The van der Waals surface area contributed by atoms with E-state index in [-0.39, 0.29) is 17.3 Å². The number of benzene rings is 3. The number of carbonyl (C=O) groups excluding carboxylic acids is 1. The average molecular weight is 548 g/mol. The Bertz CT molecular complexity index is 1310. The molecule has 1 heterocycles. The number of hydrogen-bond acceptors (Lipinski definition) is 5. The van der Waals surface area contributed by atoms with E-state index < -0.39 is 24.3 Å². The van der Waals surface area contributed by atoms with Gasteiger partial charge in [0, 0.05) is 31.7 Å². The van der Waals surface area contributed by atoms with Crippen LogP contribution in [0.3, 0.4) is 0 Å². The fourth-order valence-corrected chi connectivity index (χ4v) is 4.44. The zero-order valence-electron chi connectivity index (χ0n) is 20.4. The molecule has 1 saturated heterocycles. The van der Waals surface area contributed by atoms with Crippen LogP contribution in [0, 0.1) is 5.82 Å². The Kier molecular flexibility index (Phi) is 8.35. The molecule has 1 amide bonds. The largest absolute Gasteiger partial charge is 0.493 e. The van der Waals surface area contributed by atoms with Crippen molar-refractivity contribution in [2.45, 2.75) is 6.18 Å². The molecule has 1 aliphatic heterocycles. The Balaban J connectivity index is 1.36. The Hall–Kier alpha value is -3.86. The lowest BCUT2D eigenvalue weighted by molar-refractivity contribution is -0.137. The van der Waals surface area contributed by atoms with Gasteiger partial charge in [0.15, 0.2) is 18.1 Å². The van der Waals surface area contributed by atoms with Gasteiger partial charge in [0.05, 0.1) is 24.0 Å². The average Bonchev–Trinajstić information content (AvgIpc) is 2.91. The molecule has 1 N–H and O–H groups in total. The van der Waals surface area contributed by atoms with Gasteiger partial charge in [0.1, 0.15) is 10.8 Å². The lowest BCUT2D eigenvalue weighted by Crippen LogP contribution is -2.48. The number of thiocarbonyl (C=S) groups is 1. The molecule has 200 valence electrons. The second-order valence-electron chi connectivity index (χ2n) is 8.48. The monoisotopic (exact) mass is 547 g/mol. The number of alkyl halides is 3. The van der Waals surface area contributed by atoms with Crippen molar-refractivity contribution in [1.82, 2.24) is 4.90 Å². The first kappa shape index (κ1) is 27.2. The number of piperazine rings is 1. The zero-order valence-corrected chi connectivity index (χ0v) is 21.2. The van der Waals surface area contributed by atoms with E-state index in [4.69, 9.17) is 21.7 Å². The van der Waals surface area contributed by atoms with E-state index in [1.165, 1.54) is 31.4 Å². The first-order chi connectivity index (χ1) is 18.2. The summed E-state index contributed by atoms with van der Waals surface area (Å²) < 4.78 is 64.5. The van der Waals surface area contributed by atoms with Gasteiger partial charge < -0.3 is 24.6 Å². The molecule has 6 nitrogen and oxygen atoms in total. The van der Waals surface area contributed by atoms with Crippen LogP contribution in [0.5, 0.6) is 11.5 Å². The van der Waals surface area contributed by atoms with Crippen LogP contribution in [0.25, 0.3) is 0 Å². The molecule has 1 aliphatic rings. The Morgan fingerprint density at radius 1 is 0.974 bits per heavy atom. The summed E-state index contributed by atoms with van der Waals surface area (Å²) in [5, 5.41) is 2.24. The maximum Gasteiger partial charge on any atom is 0.418 e. The first-order valence-electron chi connectivity index (χ1n) is 11.7. The van der Waals surface area contributed by atoms with Crippen molar-refractivity contribution >= 4 is 34.5 Å². The third-order valence-corrected chi connectivity index (χ3v) is 6.53. The number of hydrogen-bond donors (Lipinski definition) is 1. The van der Waals surface area contributed by atoms with Gasteiger partial charge in [-0.25, -0.2) is 4.39 Å². The summed E-state index contributed by atoms with van der Waals surface area (Å²) in [6.07, 6.45) is -4.60. The van der Waals surface area contributed by atoms with E-state index in [0.29, 0.717) is 48.2 Å². The fourth-order valence-electron chi connectivity index (χ4n) is 4.13. The molecule has 0 bridgehead atoms. The topological polar surface area (TPSA) is 54.0 Å². The summed E-state index contributed by atoms with van der Waals surface area (Å²) in [5.74, 6) is -0.459. The number of rotatable bonds is 7. The lowest BCUT2D eigenvalue weighted by Gasteiger charge is -2.37. The molecule has 38 heavy (non-hydrogen) atoms. The smallest absolute Gasteiger partial charge is 0.418 e. The molecule has 0 spiro atoms. The minimum Gasteiger partial charge on any atom is -0.493 e. The Labute approximate surface area is 222 Å². The predicted octanol–water partition coefficient (Wildman–Crippen LogP) is 5.37. The molecule has 0 atom stereocenters. The molecular formula is C27H25F4N3O3S. The molecule has 0 unspecified atom stereocenters. The van der Waals surface area contributed by atoms with Gasteiger partial charge in [-0.05, 0) is 42.5 Å². The predicted molar refractivity (Wildman–Crippen MR) is 140 cm³/mol. The number of methoxy groups -OCH3 is 1. The maximum atomic E-state index is 14.1. The molecule has 0 aliphatic carbocycles. The highest BCUT2D eigenvalue weighted by Crippen LogP contribution is 2.35. The summed E-state index contributed by atoms with van der Waals surface area (Å²) in [5.41, 5.74) is -0.0332. The van der Waals surface area contributed by atoms with Crippen molar-refractivity contribution < 1.29 is 31.8 Å². The van der Waals surface area contributed by atoms with Crippen LogP contribution in [-0.4, -0.2) is 55.7 Å². The number of ether oxygens (including phenoxy) is 2. The molecule has 0 radical (unpaired) electrons. The third-order valence-electron chi connectivity index (χ3n) is 6.04. The SMILES string of the molecule is COc1cc(C(=S)N2CCN(c3ccccc3F)CC2)ccc1OCC(=O)Nc1ccccc1C(F)(F)F. The van der Waals surface area contributed by atoms with Crippen molar-refractivity contribution in [1.29, 1.82) is 0 Å². The quantitative estimate of drug-likeness (QED) is 0.317. The van der Waals surface area contributed by atoms with Crippen molar-refractivity contribution in [3.05, 3.63) is 83.7 Å². The third kappa shape index (κ3) is 6.34. The second kappa shape index (κ2) is 11.7. The van der Waals surface area contributed by atoms with Crippen molar-refractivity contribution in [2.24, 2.45) is 0 Å². The number of para-hydroxylation sites is 2. The van der Waals surface area contributed by atoms with Gasteiger partial charge in [-0.3, -0.25) is 4.79 Å². The van der Waals surface area contributed by atoms with Crippen LogP contribution in [-0.2, 0) is 11.0 Å². The van der Waals surface area contributed by atoms with Crippen LogP contribution in [0.1, 0.15) is 11.1 Å². The maximum absolute atomic E-state index is 14.1. The number of carbonyl (C=O) groups is 1. The fraction of sp³-hybridized carbons (Fsp3) is 0.259. The van der Waals surface area contributed by atoms with Crippen LogP contribution >= 0.6 is 12.2 Å². The van der Waals surface area contributed by atoms with Crippen molar-refractivity contribution in [3.8, 4) is 11.5 Å². The van der Waals surface area contributed by atoms with Crippen molar-refractivity contribution in [3.63, 3.8) is 0 Å². The molecule has 11 heteroatoms. The molecule has 1 fully saturated rings. The second-order valence-corrected chi connectivity index (χ2v) is 8.86.